The van der Waals surface area contributed by atoms with Gasteiger partial charge in [-0.15, -0.1) is 0 Å². The summed E-state index contributed by atoms with van der Waals surface area (Å²) in [5.74, 6) is -0.738. The zero-order valence-corrected chi connectivity index (χ0v) is 8.23. The molecule has 0 amide bonds. The van der Waals surface area contributed by atoms with Crippen LogP contribution in [0.15, 0.2) is 24.3 Å². The molecule has 0 saturated carbocycles. The summed E-state index contributed by atoms with van der Waals surface area (Å²) in [6.45, 7) is 1.40. The van der Waals surface area contributed by atoms with Crippen molar-refractivity contribution in [2.45, 2.75) is 13.0 Å². The highest BCUT2D eigenvalue weighted by atomic mass is 16.6. The molecule has 0 aliphatic carbocycles. The van der Waals surface area contributed by atoms with Crippen molar-refractivity contribution in [1.29, 1.82) is 0 Å². The third kappa shape index (κ3) is 1.83. The molecule has 78 valence electrons. The van der Waals surface area contributed by atoms with E-state index >= 15 is 0 Å². The number of rotatable bonds is 2. The molecule has 1 heterocycles. The molecule has 0 spiro atoms. The molecule has 1 aliphatic rings. The summed E-state index contributed by atoms with van der Waals surface area (Å²) in [5.41, 5.74) is 1.33. The summed E-state index contributed by atoms with van der Waals surface area (Å²) in [6, 6.07) is 7.09. The molecule has 2 rings (SSSR count). The van der Waals surface area contributed by atoms with Crippen LogP contribution in [-0.2, 0) is 14.3 Å². The van der Waals surface area contributed by atoms with Gasteiger partial charge in [-0.2, -0.15) is 0 Å². The second kappa shape index (κ2) is 3.73. The van der Waals surface area contributed by atoms with E-state index in [2.05, 4.69) is 0 Å². The van der Waals surface area contributed by atoms with Crippen molar-refractivity contribution < 1.29 is 19.1 Å². The summed E-state index contributed by atoms with van der Waals surface area (Å²) in [6.07, 6.45) is -0.461. The number of hydrogen-bond acceptors (Lipinski definition) is 4. The molecule has 0 unspecified atom stereocenters. The van der Waals surface area contributed by atoms with E-state index in [0.717, 1.165) is 5.56 Å². The van der Waals surface area contributed by atoms with Crippen LogP contribution in [0.2, 0.25) is 0 Å². The van der Waals surface area contributed by atoms with Crippen molar-refractivity contribution in [3.8, 4) is 0 Å². The lowest BCUT2D eigenvalue weighted by atomic mass is 10.1. The maximum absolute atomic E-state index is 11.4. The van der Waals surface area contributed by atoms with Crippen LogP contribution in [0.25, 0.3) is 0 Å². The largest absolute Gasteiger partial charge is 0.462 e. The van der Waals surface area contributed by atoms with Gasteiger partial charge in [0.05, 0.1) is 5.56 Å². The van der Waals surface area contributed by atoms with Crippen LogP contribution in [0.3, 0.4) is 0 Å². The van der Waals surface area contributed by atoms with E-state index < -0.39 is 6.10 Å². The molecule has 1 aromatic rings. The average Bonchev–Trinajstić information content (AvgIpc) is 2.54. The smallest absolute Gasteiger partial charge is 0.339 e. The minimum atomic E-state index is -0.461. The van der Waals surface area contributed by atoms with Crippen LogP contribution < -0.4 is 0 Å². The van der Waals surface area contributed by atoms with Crippen molar-refractivity contribution >= 4 is 11.9 Å². The summed E-state index contributed by atoms with van der Waals surface area (Å²) in [5, 5.41) is 0. The first kappa shape index (κ1) is 9.71. The van der Waals surface area contributed by atoms with Crippen LogP contribution in [0.4, 0.5) is 0 Å². The summed E-state index contributed by atoms with van der Waals surface area (Å²) >= 11 is 0. The third-order valence-corrected chi connectivity index (χ3v) is 2.21. The number of fused-ring (bicyclic) bond motifs is 1. The van der Waals surface area contributed by atoms with E-state index in [4.69, 9.17) is 9.47 Å². The van der Waals surface area contributed by atoms with Gasteiger partial charge < -0.3 is 9.47 Å². The van der Waals surface area contributed by atoms with Crippen LogP contribution in [0, 0.1) is 0 Å². The zero-order valence-electron chi connectivity index (χ0n) is 8.23. The first-order valence-electron chi connectivity index (χ1n) is 4.62. The van der Waals surface area contributed by atoms with Crippen molar-refractivity contribution in [1.82, 2.24) is 0 Å². The Labute approximate surface area is 86.8 Å². The fourth-order valence-corrected chi connectivity index (χ4v) is 1.54. The molecule has 0 N–H and O–H groups in total. The number of hydrogen-bond donors (Lipinski definition) is 0. The minimum absolute atomic E-state index is 0.0814. The van der Waals surface area contributed by atoms with E-state index in [1.165, 1.54) is 6.92 Å². The first-order chi connectivity index (χ1) is 7.18. The van der Waals surface area contributed by atoms with Gasteiger partial charge in [0, 0.05) is 12.5 Å². The van der Waals surface area contributed by atoms with E-state index in [1.54, 1.807) is 18.2 Å². The van der Waals surface area contributed by atoms with Crippen LogP contribution in [0.1, 0.15) is 28.9 Å². The van der Waals surface area contributed by atoms with Gasteiger partial charge in [0.1, 0.15) is 6.61 Å². The van der Waals surface area contributed by atoms with E-state index in [-0.39, 0.29) is 18.5 Å². The second-order valence-corrected chi connectivity index (χ2v) is 3.28. The molecule has 0 aromatic heterocycles. The molecule has 0 radical (unpaired) electrons. The maximum Gasteiger partial charge on any atom is 0.339 e. The molecular weight excluding hydrogens is 196 g/mol. The van der Waals surface area contributed by atoms with E-state index in [1.807, 2.05) is 6.07 Å². The second-order valence-electron chi connectivity index (χ2n) is 3.28. The van der Waals surface area contributed by atoms with Crippen molar-refractivity contribution in [3.63, 3.8) is 0 Å². The molecule has 1 aromatic carbocycles. The van der Waals surface area contributed by atoms with Gasteiger partial charge in [-0.3, -0.25) is 4.79 Å². The van der Waals surface area contributed by atoms with Crippen molar-refractivity contribution in [2.75, 3.05) is 6.61 Å². The number of cyclic esters (lactones) is 1. The summed E-state index contributed by atoms with van der Waals surface area (Å²) in [4.78, 5) is 22.0. The maximum atomic E-state index is 11.4. The Hall–Kier alpha value is -1.84. The van der Waals surface area contributed by atoms with E-state index in [0.29, 0.717) is 5.56 Å². The predicted molar refractivity (Wildman–Crippen MR) is 51.2 cm³/mol. The van der Waals surface area contributed by atoms with Crippen LogP contribution in [-0.4, -0.2) is 18.5 Å². The van der Waals surface area contributed by atoms with Crippen molar-refractivity contribution in [2.24, 2.45) is 0 Å². The lowest BCUT2D eigenvalue weighted by Gasteiger charge is -2.09. The molecule has 15 heavy (non-hydrogen) atoms. The molecule has 0 saturated heterocycles. The number of esters is 2. The fourth-order valence-electron chi connectivity index (χ4n) is 1.54. The number of benzene rings is 1. The molecule has 0 bridgehead atoms. The van der Waals surface area contributed by atoms with Gasteiger partial charge in [-0.1, -0.05) is 18.2 Å². The Morgan fingerprint density at radius 3 is 2.93 bits per heavy atom. The van der Waals surface area contributed by atoms with Crippen molar-refractivity contribution in [3.05, 3.63) is 35.4 Å². The van der Waals surface area contributed by atoms with E-state index in [9.17, 15) is 9.59 Å². The molecule has 0 fully saturated rings. The quantitative estimate of drug-likeness (QED) is 0.687. The summed E-state index contributed by atoms with van der Waals surface area (Å²) in [7, 11) is 0. The Kier molecular flexibility index (Phi) is 2.41. The third-order valence-electron chi connectivity index (χ3n) is 2.21. The van der Waals surface area contributed by atoms with Gasteiger partial charge in [-0.25, -0.2) is 4.79 Å². The molecule has 1 aliphatic heterocycles. The highest BCUT2D eigenvalue weighted by Gasteiger charge is 2.30. The molecule has 4 heteroatoms. The number of carbonyl (C=O) groups excluding carboxylic acids is 2. The highest BCUT2D eigenvalue weighted by molar-refractivity contribution is 5.94. The van der Waals surface area contributed by atoms with Gasteiger partial charge in [-0.05, 0) is 6.07 Å². The Morgan fingerprint density at radius 1 is 1.47 bits per heavy atom. The normalized spacial score (nSPS) is 18.2. The molecular formula is C11H10O4. The lowest BCUT2D eigenvalue weighted by molar-refractivity contribution is -0.143. The average molecular weight is 206 g/mol. The van der Waals surface area contributed by atoms with Crippen LogP contribution in [0.5, 0.6) is 0 Å². The fraction of sp³-hybridized carbons (Fsp3) is 0.273. The molecule has 4 nitrogen and oxygen atoms in total. The number of ether oxygens (including phenoxy) is 2. The highest BCUT2D eigenvalue weighted by Crippen LogP contribution is 2.30. The predicted octanol–water partition coefficient (Wildman–Crippen LogP) is 1.46. The topological polar surface area (TPSA) is 52.6 Å². The minimum Gasteiger partial charge on any atom is -0.462 e. The first-order valence-corrected chi connectivity index (χ1v) is 4.62. The lowest BCUT2D eigenvalue weighted by Crippen LogP contribution is -2.10. The van der Waals surface area contributed by atoms with Gasteiger partial charge >= 0.3 is 11.9 Å². The monoisotopic (exact) mass is 206 g/mol. The van der Waals surface area contributed by atoms with Gasteiger partial charge in [0.25, 0.3) is 0 Å². The van der Waals surface area contributed by atoms with Crippen LogP contribution >= 0.6 is 0 Å². The Bertz CT molecular complexity index is 411. The summed E-state index contributed by atoms with van der Waals surface area (Å²) < 4.78 is 9.88. The number of carbonyl (C=O) groups is 2. The zero-order chi connectivity index (χ0) is 10.8. The Balaban J connectivity index is 2.17. The SMILES string of the molecule is CC(=O)OC[C@@H]1OC(=O)c2ccccc21. The Morgan fingerprint density at radius 2 is 2.20 bits per heavy atom. The van der Waals surface area contributed by atoms with Gasteiger partial charge in [0.2, 0.25) is 0 Å². The van der Waals surface area contributed by atoms with Gasteiger partial charge in [0.15, 0.2) is 6.10 Å². The standard InChI is InChI=1S/C11H10O4/c1-7(12)14-6-10-8-4-2-3-5-9(8)11(13)15-10/h2-5,10H,6H2,1H3/t10-/m0/s1. The molecule has 1 atom stereocenters.